The topological polar surface area (TPSA) is 49.5 Å². The third-order valence-electron chi connectivity index (χ3n) is 2.22. The fourth-order valence-electron chi connectivity index (χ4n) is 0.819. The van der Waals surface area contributed by atoms with Crippen molar-refractivity contribution in [3.63, 3.8) is 0 Å². The van der Waals surface area contributed by atoms with Gasteiger partial charge >= 0.3 is 0 Å². The Kier molecular flexibility index (Phi) is 19.7. The summed E-state index contributed by atoms with van der Waals surface area (Å²) in [5.41, 5.74) is 0. The smallest absolute Gasteiger partial charge is 0.0939 e. The Morgan fingerprint density at radius 2 is 1.25 bits per heavy atom. The molecule has 0 amide bonds. The number of ether oxygens (including phenoxy) is 5. The molecule has 124 valence electrons. The molecule has 20 heavy (non-hydrogen) atoms. The zero-order valence-electron chi connectivity index (χ0n) is 13.1. The Morgan fingerprint density at radius 3 is 1.30 bits per heavy atom. The van der Waals surface area contributed by atoms with E-state index in [1.165, 1.54) is 0 Å². The molecule has 7 heteroatoms. The fourth-order valence-corrected chi connectivity index (χ4v) is 1.25. The first-order valence-corrected chi connectivity index (χ1v) is 7.43. The number of hydrogen-bond acceptors (Lipinski definition) is 5. The van der Waals surface area contributed by atoms with Crippen LogP contribution in [0.2, 0.25) is 0 Å². The van der Waals surface area contributed by atoms with Crippen LogP contribution < -0.4 is 0 Å². The summed E-state index contributed by atoms with van der Waals surface area (Å²) in [5, 5.41) is 0. The quantitative estimate of drug-likeness (QED) is 0.503. The van der Waals surface area contributed by atoms with E-state index >= 15 is 0 Å². The molecule has 0 bridgehead atoms. The third kappa shape index (κ3) is 18.4. The molecule has 1 fully saturated rings. The van der Waals surface area contributed by atoms with E-state index in [2.05, 4.69) is 6.92 Å². The molecule has 0 aromatic rings. The molecule has 0 aromatic heterocycles. The van der Waals surface area contributed by atoms with E-state index in [0.29, 0.717) is 31.1 Å². The summed E-state index contributed by atoms with van der Waals surface area (Å²) in [7, 11) is 6.48. The Hall–Kier alpha value is 0.380. The van der Waals surface area contributed by atoms with E-state index < -0.39 is 0 Å². The van der Waals surface area contributed by atoms with Crippen LogP contribution in [0.5, 0.6) is 0 Å². The van der Waals surface area contributed by atoms with Gasteiger partial charge in [-0.05, 0) is 6.92 Å². The van der Waals surface area contributed by atoms with Crippen LogP contribution >= 0.6 is 23.2 Å². The van der Waals surface area contributed by atoms with Crippen molar-refractivity contribution in [3.8, 4) is 0 Å². The van der Waals surface area contributed by atoms with E-state index in [9.17, 15) is 0 Å². The van der Waals surface area contributed by atoms with E-state index in [1.807, 2.05) is 0 Å². The molecule has 0 aromatic carbocycles. The third-order valence-corrected chi connectivity index (χ3v) is 2.90. The first kappa shape index (κ1) is 22.7. The Bertz CT molecular complexity index is 160. The van der Waals surface area contributed by atoms with Crippen LogP contribution in [0.3, 0.4) is 0 Å². The van der Waals surface area contributed by atoms with E-state index in [-0.39, 0.29) is 12.2 Å². The average Bonchev–Trinajstić information content (AvgIpc) is 3.25. The summed E-state index contributed by atoms with van der Waals surface area (Å²) in [4.78, 5) is 0. The van der Waals surface area contributed by atoms with Gasteiger partial charge < -0.3 is 23.7 Å². The van der Waals surface area contributed by atoms with Crippen LogP contribution in [0, 0.1) is 0 Å². The molecule has 3 unspecified atom stereocenters. The molecule has 0 spiro atoms. The lowest BCUT2D eigenvalue weighted by atomic mass is 10.4. The van der Waals surface area contributed by atoms with Gasteiger partial charge in [-0.1, -0.05) is 0 Å². The largest absolute Gasteiger partial charge is 0.382 e. The molecule has 5 nitrogen and oxygen atoms in total. The van der Waals surface area contributed by atoms with Gasteiger partial charge in [-0.3, -0.25) is 0 Å². The molecular formula is C13H28Cl2O5. The van der Waals surface area contributed by atoms with Crippen molar-refractivity contribution < 1.29 is 23.7 Å². The number of alkyl halides is 2. The number of methoxy groups -OCH3 is 4. The van der Waals surface area contributed by atoms with Crippen LogP contribution in [-0.2, 0) is 23.7 Å². The summed E-state index contributed by atoms with van der Waals surface area (Å²) in [6.07, 6.45) is 0.670. The van der Waals surface area contributed by atoms with E-state index in [1.54, 1.807) is 28.4 Å². The minimum absolute atomic E-state index is 0.0432. The van der Waals surface area contributed by atoms with Gasteiger partial charge in [-0.15, -0.1) is 23.2 Å². The lowest BCUT2D eigenvalue weighted by Crippen LogP contribution is -2.18. The molecule has 0 radical (unpaired) electrons. The predicted octanol–water partition coefficient (Wildman–Crippen LogP) is 2.18. The van der Waals surface area contributed by atoms with Crippen LogP contribution in [0.4, 0.5) is 0 Å². The number of hydrogen-bond donors (Lipinski definition) is 0. The number of rotatable bonds is 8. The van der Waals surface area contributed by atoms with Crippen LogP contribution in [0.1, 0.15) is 6.92 Å². The maximum Gasteiger partial charge on any atom is 0.0939 e. The molecule has 3 atom stereocenters. The lowest BCUT2D eigenvalue weighted by molar-refractivity contribution is 0.0422. The molecule has 0 aliphatic carbocycles. The van der Waals surface area contributed by atoms with Crippen LogP contribution in [0.25, 0.3) is 0 Å². The van der Waals surface area contributed by atoms with Crippen molar-refractivity contribution in [2.45, 2.75) is 25.2 Å². The van der Waals surface area contributed by atoms with Gasteiger partial charge in [0.2, 0.25) is 0 Å². The SMILES string of the molecule is CC1CO1.COCC(CCl)OC.COCC(CCl)OC. The number of halogens is 2. The summed E-state index contributed by atoms with van der Waals surface area (Å²) < 4.78 is 24.0. The van der Waals surface area contributed by atoms with Gasteiger partial charge in [0.05, 0.1) is 49.9 Å². The van der Waals surface area contributed by atoms with Gasteiger partial charge in [0.15, 0.2) is 0 Å². The maximum absolute atomic E-state index is 5.44. The summed E-state index contributed by atoms with van der Waals surface area (Å²) in [5.74, 6) is 0.981. The Morgan fingerprint density at radius 1 is 0.950 bits per heavy atom. The number of epoxide rings is 1. The van der Waals surface area contributed by atoms with E-state index in [4.69, 9.17) is 46.9 Å². The monoisotopic (exact) mass is 334 g/mol. The van der Waals surface area contributed by atoms with Crippen molar-refractivity contribution >= 4 is 23.2 Å². The molecule has 1 aliphatic rings. The Balaban J connectivity index is 0. The molecule has 1 saturated heterocycles. The molecule has 1 aliphatic heterocycles. The van der Waals surface area contributed by atoms with Crippen LogP contribution in [0.15, 0.2) is 0 Å². The highest BCUT2D eigenvalue weighted by atomic mass is 35.5. The van der Waals surface area contributed by atoms with Gasteiger partial charge in [0.1, 0.15) is 0 Å². The molecule has 1 rings (SSSR count). The standard InChI is InChI=1S/2C5H11ClO2.C3H6O/c2*1-7-4-5(3-6)8-2;1-3-2-4-3/h2*5H,3-4H2,1-2H3;3H,2H2,1H3. The van der Waals surface area contributed by atoms with Crippen molar-refractivity contribution in [3.05, 3.63) is 0 Å². The molecule has 0 saturated carbocycles. The summed E-state index contributed by atoms with van der Waals surface area (Å²) in [6.45, 7) is 4.18. The van der Waals surface area contributed by atoms with Crippen molar-refractivity contribution in [2.24, 2.45) is 0 Å². The second-order valence-corrected chi connectivity index (χ2v) is 4.70. The minimum Gasteiger partial charge on any atom is -0.382 e. The van der Waals surface area contributed by atoms with Gasteiger partial charge in [0.25, 0.3) is 0 Å². The van der Waals surface area contributed by atoms with Gasteiger partial charge in [-0.25, -0.2) is 0 Å². The highest BCUT2D eigenvalue weighted by Crippen LogP contribution is 2.04. The predicted molar refractivity (Wildman–Crippen MR) is 82.2 cm³/mol. The molecule has 0 N–H and O–H groups in total. The first-order valence-electron chi connectivity index (χ1n) is 6.36. The van der Waals surface area contributed by atoms with Crippen molar-refractivity contribution in [1.29, 1.82) is 0 Å². The van der Waals surface area contributed by atoms with Gasteiger partial charge in [0, 0.05) is 28.4 Å². The highest BCUT2D eigenvalue weighted by Gasteiger charge is 2.13. The average molecular weight is 335 g/mol. The van der Waals surface area contributed by atoms with Crippen molar-refractivity contribution in [2.75, 3.05) is 60.0 Å². The first-order chi connectivity index (χ1) is 9.59. The van der Waals surface area contributed by atoms with E-state index in [0.717, 1.165) is 6.61 Å². The zero-order chi connectivity index (χ0) is 15.8. The second kappa shape index (κ2) is 17.4. The normalized spacial score (nSPS) is 19.1. The zero-order valence-corrected chi connectivity index (χ0v) is 14.6. The van der Waals surface area contributed by atoms with Crippen LogP contribution in [-0.4, -0.2) is 78.3 Å². The highest BCUT2D eigenvalue weighted by molar-refractivity contribution is 6.18. The summed E-state index contributed by atoms with van der Waals surface area (Å²) >= 11 is 10.9. The lowest BCUT2D eigenvalue weighted by Gasteiger charge is -2.08. The van der Waals surface area contributed by atoms with Crippen molar-refractivity contribution in [1.82, 2.24) is 0 Å². The maximum atomic E-state index is 5.44. The molecule has 1 heterocycles. The molecular weight excluding hydrogens is 307 g/mol. The Labute approximate surface area is 132 Å². The second-order valence-electron chi connectivity index (χ2n) is 4.08. The minimum atomic E-state index is 0.0432. The summed E-state index contributed by atoms with van der Waals surface area (Å²) in [6, 6.07) is 0. The fraction of sp³-hybridized carbons (Fsp3) is 1.00. The van der Waals surface area contributed by atoms with Gasteiger partial charge in [-0.2, -0.15) is 0 Å².